The average molecular weight is 383 g/mol. The highest BCUT2D eigenvalue weighted by atomic mass is 32.1. The van der Waals surface area contributed by atoms with Gasteiger partial charge in [0.1, 0.15) is 21.8 Å². The van der Waals surface area contributed by atoms with Crippen LogP contribution >= 0.6 is 11.5 Å². The van der Waals surface area contributed by atoms with Gasteiger partial charge in [0.15, 0.2) is 0 Å². The molecule has 3 aromatic heterocycles. The van der Waals surface area contributed by atoms with E-state index in [1.54, 1.807) is 18.3 Å². The van der Waals surface area contributed by atoms with Crippen molar-refractivity contribution in [3.8, 4) is 16.9 Å². The summed E-state index contributed by atoms with van der Waals surface area (Å²) < 4.78 is 24.9. The third-order valence-electron chi connectivity index (χ3n) is 4.92. The maximum absolute atomic E-state index is 15.0. The molecule has 3 heterocycles. The van der Waals surface area contributed by atoms with Crippen LogP contribution in [-0.4, -0.2) is 21.0 Å². The third kappa shape index (κ3) is 2.33. The highest BCUT2D eigenvalue weighted by Crippen LogP contribution is 2.41. The van der Waals surface area contributed by atoms with E-state index < -0.39 is 16.8 Å². The third-order valence-corrected chi connectivity index (χ3v) is 5.80. The Morgan fingerprint density at radius 1 is 1.30 bits per heavy atom. The molecule has 0 amide bonds. The molecule has 1 aromatic carbocycles. The molecule has 8 heteroatoms. The zero-order valence-electron chi connectivity index (χ0n) is 14.3. The molecule has 6 nitrogen and oxygen atoms in total. The van der Waals surface area contributed by atoms with Gasteiger partial charge < -0.3 is 9.30 Å². The topological polar surface area (TPSA) is 77.0 Å². The standard InChI is InChI=1S/C19H14FN3O3S/c1-26-15-4-5-21-8-12(15)10-7-14-11(6-13(10)20)17(24)16-18(25)22-27-19(16)23(14)9-2-3-9/h4-9H,2-3H2,1H3,(H,22,25). The molecule has 27 heavy (non-hydrogen) atoms. The highest BCUT2D eigenvalue weighted by Gasteiger charge is 2.29. The van der Waals surface area contributed by atoms with Crippen LogP contribution in [0.25, 0.3) is 32.2 Å². The van der Waals surface area contributed by atoms with Crippen LogP contribution in [0.5, 0.6) is 5.75 Å². The van der Waals surface area contributed by atoms with Crippen molar-refractivity contribution in [1.29, 1.82) is 0 Å². The second-order valence-corrected chi connectivity index (χ2v) is 7.36. The fourth-order valence-corrected chi connectivity index (χ4v) is 4.44. The van der Waals surface area contributed by atoms with Crippen molar-refractivity contribution >= 4 is 32.7 Å². The van der Waals surface area contributed by atoms with Crippen molar-refractivity contribution in [1.82, 2.24) is 13.9 Å². The van der Waals surface area contributed by atoms with Crippen molar-refractivity contribution in [2.45, 2.75) is 18.9 Å². The fraction of sp³-hybridized carbons (Fsp3) is 0.211. The Morgan fingerprint density at radius 2 is 2.11 bits per heavy atom. The van der Waals surface area contributed by atoms with Gasteiger partial charge in [-0.3, -0.25) is 18.9 Å². The molecular weight excluding hydrogens is 369 g/mol. The SMILES string of the molecule is COc1ccncc1-c1cc2c(cc1F)c(=O)c1c(=O)[nH]sc1n2C1CC1. The lowest BCUT2D eigenvalue weighted by Crippen LogP contribution is -2.15. The molecule has 0 aliphatic heterocycles. The molecule has 4 aromatic rings. The number of hydrogen-bond donors (Lipinski definition) is 1. The van der Waals surface area contributed by atoms with Gasteiger partial charge in [-0.25, -0.2) is 4.39 Å². The Kier molecular flexibility index (Phi) is 3.45. The highest BCUT2D eigenvalue weighted by molar-refractivity contribution is 7.12. The Bertz CT molecular complexity index is 1330. The molecule has 1 aliphatic carbocycles. The Morgan fingerprint density at radius 3 is 2.85 bits per heavy atom. The minimum Gasteiger partial charge on any atom is -0.496 e. The van der Waals surface area contributed by atoms with Crippen LogP contribution < -0.4 is 15.7 Å². The number of fused-ring (bicyclic) bond motifs is 2. The van der Waals surface area contributed by atoms with E-state index in [4.69, 9.17) is 4.74 Å². The molecule has 0 unspecified atom stereocenters. The number of H-pyrrole nitrogens is 1. The zero-order valence-corrected chi connectivity index (χ0v) is 15.1. The average Bonchev–Trinajstić information content (AvgIpc) is 3.44. The summed E-state index contributed by atoms with van der Waals surface area (Å²) in [6.45, 7) is 0. The quantitative estimate of drug-likeness (QED) is 0.588. The van der Waals surface area contributed by atoms with Crippen LogP contribution in [0.4, 0.5) is 4.39 Å². The van der Waals surface area contributed by atoms with Gasteiger partial charge in [-0.15, -0.1) is 0 Å². The summed E-state index contributed by atoms with van der Waals surface area (Å²) in [5.41, 5.74) is 0.574. The molecule has 1 saturated carbocycles. The maximum atomic E-state index is 15.0. The number of aromatic amines is 1. The first-order valence-electron chi connectivity index (χ1n) is 8.47. The number of methoxy groups -OCH3 is 1. The summed E-state index contributed by atoms with van der Waals surface area (Å²) in [6.07, 6.45) is 5.03. The normalized spacial score (nSPS) is 14.1. The van der Waals surface area contributed by atoms with Gasteiger partial charge in [0.2, 0.25) is 5.43 Å². The first kappa shape index (κ1) is 16.2. The monoisotopic (exact) mass is 383 g/mol. The van der Waals surface area contributed by atoms with E-state index in [-0.39, 0.29) is 16.8 Å². The van der Waals surface area contributed by atoms with E-state index >= 15 is 0 Å². The van der Waals surface area contributed by atoms with E-state index in [0.29, 0.717) is 27.2 Å². The van der Waals surface area contributed by atoms with E-state index in [0.717, 1.165) is 24.4 Å². The van der Waals surface area contributed by atoms with E-state index in [1.165, 1.54) is 19.4 Å². The molecule has 0 bridgehead atoms. The second kappa shape index (κ2) is 5.75. The molecule has 0 atom stereocenters. The maximum Gasteiger partial charge on any atom is 0.271 e. The summed E-state index contributed by atoms with van der Waals surface area (Å²) in [5, 5.41) is 0.313. The lowest BCUT2D eigenvalue weighted by atomic mass is 10.0. The van der Waals surface area contributed by atoms with Crippen molar-refractivity contribution in [3.05, 3.63) is 57.0 Å². The number of ether oxygens (including phenoxy) is 1. The van der Waals surface area contributed by atoms with Crippen molar-refractivity contribution < 1.29 is 9.13 Å². The fourth-order valence-electron chi connectivity index (χ4n) is 3.51. The molecule has 5 rings (SSSR count). The van der Waals surface area contributed by atoms with E-state index in [2.05, 4.69) is 9.36 Å². The van der Waals surface area contributed by atoms with Crippen LogP contribution in [-0.2, 0) is 0 Å². The molecule has 136 valence electrons. The predicted octanol–water partition coefficient (Wildman–Crippen LogP) is 3.45. The Hall–Kier alpha value is -3.00. The van der Waals surface area contributed by atoms with Crippen LogP contribution in [0.1, 0.15) is 18.9 Å². The summed E-state index contributed by atoms with van der Waals surface area (Å²) in [5.74, 6) is -0.0600. The molecule has 1 aliphatic rings. The van der Waals surface area contributed by atoms with Gasteiger partial charge in [0.05, 0.1) is 12.6 Å². The lowest BCUT2D eigenvalue weighted by molar-refractivity contribution is 0.415. The first-order valence-corrected chi connectivity index (χ1v) is 9.29. The molecular formula is C19H14FN3O3S. The van der Waals surface area contributed by atoms with Crippen LogP contribution in [0, 0.1) is 5.82 Å². The van der Waals surface area contributed by atoms with Gasteiger partial charge in [0.25, 0.3) is 5.56 Å². The van der Waals surface area contributed by atoms with Gasteiger partial charge >= 0.3 is 0 Å². The number of nitrogens with one attached hydrogen (secondary N) is 1. The second-order valence-electron chi connectivity index (χ2n) is 6.57. The van der Waals surface area contributed by atoms with Crippen molar-refractivity contribution in [2.75, 3.05) is 7.11 Å². The summed E-state index contributed by atoms with van der Waals surface area (Å²) in [7, 11) is 1.51. The lowest BCUT2D eigenvalue weighted by Gasteiger charge is -2.14. The summed E-state index contributed by atoms with van der Waals surface area (Å²) in [4.78, 5) is 29.7. The molecule has 0 spiro atoms. The van der Waals surface area contributed by atoms with Gasteiger partial charge in [-0.05, 0) is 42.6 Å². The van der Waals surface area contributed by atoms with Crippen molar-refractivity contribution in [2.24, 2.45) is 0 Å². The minimum atomic E-state index is -0.556. The van der Waals surface area contributed by atoms with Gasteiger partial charge in [-0.1, -0.05) is 0 Å². The summed E-state index contributed by atoms with van der Waals surface area (Å²) >= 11 is 1.15. The molecule has 1 fully saturated rings. The van der Waals surface area contributed by atoms with Gasteiger partial charge in [0, 0.05) is 34.9 Å². The number of benzene rings is 1. The van der Waals surface area contributed by atoms with Gasteiger partial charge in [-0.2, -0.15) is 0 Å². The number of aromatic nitrogens is 3. The largest absolute Gasteiger partial charge is 0.496 e. The number of rotatable bonds is 3. The van der Waals surface area contributed by atoms with Crippen LogP contribution in [0.2, 0.25) is 0 Å². The number of halogens is 1. The van der Waals surface area contributed by atoms with Crippen molar-refractivity contribution in [3.63, 3.8) is 0 Å². The summed E-state index contributed by atoms with van der Waals surface area (Å²) in [6, 6.07) is 4.74. The van der Waals surface area contributed by atoms with Crippen LogP contribution in [0.15, 0.2) is 40.2 Å². The van der Waals surface area contributed by atoms with E-state index in [9.17, 15) is 14.0 Å². The minimum absolute atomic E-state index is 0.102. The molecule has 0 radical (unpaired) electrons. The number of nitrogens with zero attached hydrogens (tertiary/aromatic N) is 2. The van der Waals surface area contributed by atoms with Crippen LogP contribution in [0.3, 0.4) is 0 Å². The van der Waals surface area contributed by atoms with E-state index in [1.807, 2.05) is 4.57 Å². The number of pyridine rings is 2. The smallest absolute Gasteiger partial charge is 0.271 e. The molecule has 1 N–H and O–H groups in total. The molecule has 0 saturated heterocycles. The Balaban J connectivity index is 1.93. The Labute approximate surface area is 156 Å². The first-order chi connectivity index (χ1) is 13.1. The zero-order chi connectivity index (χ0) is 18.7. The predicted molar refractivity (Wildman–Crippen MR) is 102 cm³/mol. The number of hydrogen-bond acceptors (Lipinski definition) is 5.